The second-order valence-corrected chi connectivity index (χ2v) is 6.37. The molecule has 2 atom stereocenters. The van der Waals surface area contributed by atoms with Crippen LogP contribution in [0.5, 0.6) is 0 Å². The van der Waals surface area contributed by atoms with Crippen molar-refractivity contribution in [3.63, 3.8) is 0 Å². The molecule has 0 aliphatic heterocycles. The monoisotopic (exact) mass is 337 g/mol. The Balaban J connectivity index is 2.68. The van der Waals surface area contributed by atoms with Crippen LogP contribution in [-0.4, -0.2) is 42.0 Å². The Kier molecular flexibility index (Phi) is 7.64. The van der Waals surface area contributed by atoms with Crippen LogP contribution in [0, 0.1) is 5.92 Å². The van der Waals surface area contributed by atoms with E-state index in [-0.39, 0.29) is 25.4 Å². The van der Waals surface area contributed by atoms with Gasteiger partial charge in [-0.1, -0.05) is 20.3 Å². The molecular formula is C16H30F3N3O. The fourth-order valence-corrected chi connectivity index (χ4v) is 2.83. The first-order valence-corrected chi connectivity index (χ1v) is 8.58. The molecule has 0 bridgehead atoms. The molecule has 4 nitrogen and oxygen atoms in total. The molecule has 0 aromatic heterocycles. The van der Waals surface area contributed by atoms with E-state index in [1.807, 2.05) is 20.8 Å². The van der Waals surface area contributed by atoms with Gasteiger partial charge >= 0.3 is 6.18 Å². The van der Waals surface area contributed by atoms with E-state index in [0.29, 0.717) is 38.2 Å². The standard InChI is InChI=1S/C16H30F3N3O/c1-4-15(23,5-2)11-21-14(20-6-3)22-13-9-7-8-12(10-13)16(17,18)19/h12-13,23H,4-11H2,1-3H3,(H2,20,21,22). The van der Waals surface area contributed by atoms with E-state index in [0.717, 1.165) is 0 Å². The van der Waals surface area contributed by atoms with Crippen molar-refractivity contribution in [2.75, 3.05) is 13.1 Å². The van der Waals surface area contributed by atoms with Gasteiger partial charge in [-0.3, -0.25) is 4.99 Å². The number of aliphatic imine (C=N–C) groups is 1. The van der Waals surface area contributed by atoms with Crippen molar-refractivity contribution in [3.8, 4) is 0 Å². The molecule has 0 saturated heterocycles. The number of hydrogen-bond donors (Lipinski definition) is 3. The van der Waals surface area contributed by atoms with Gasteiger partial charge in [0, 0.05) is 12.6 Å². The van der Waals surface area contributed by atoms with E-state index >= 15 is 0 Å². The quantitative estimate of drug-likeness (QED) is 0.515. The number of rotatable bonds is 6. The van der Waals surface area contributed by atoms with Gasteiger partial charge in [0.2, 0.25) is 0 Å². The Morgan fingerprint density at radius 3 is 2.35 bits per heavy atom. The number of alkyl halides is 3. The Hall–Kier alpha value is -0.980. The molecule has 0 radical (unpaired) electrons. The van der Waals surface area contributed by atoms with Crippen LogP contribution in [0.4, 0.5) is 13.2 Å². The molecule has 3 N–H and O–H groups in total. The highest BCUT2D eigenvalue weighted by molar-refractivity contribution is 5.80. The molecule has 0 amide bonds. The van der Waals surface area contributed by atoms with Crippen LogP contribution in [0.25, 0.3) is 0 Å². The first kappa shape index (κ1) is 20.1. The zero-order valence-electron chi connectivity index (χ0n) is 14.3. The average Bonchev–Trinajstić information content (AvgIpc) is 2.52. The van der Waals surface area contributed by atoms with Gasteiger partial charge in [-0.05, 0) is 39.0 Å². The zero-order chi connectivity index (χ0) is 17.5. The summed E-state index contributed by atoms with van der Waals surface area (Å²) in [5, 5.41) is 16.4. The normalized spacial score (nSPS) is 23.7. The van der Waals surface area contributed by atoms with E-state index in [2.05, 4.69) is 15.6 Å². The van der Waals surface area contributed by atoms with Gasteiger partial charge < -0.3 is 15.7 Å². The molecule has 1 aliphatic carbocycles. The summed E-state index contributed by atoms with van der Waals surface area (Å²) in [6, 6.07) is -0.232. The maximum atomic E-state index is 12.9. The predicted octanol–water partition coefficient (Wildman–Crippen LogP) is 3.21. The smallest absolute Gasteiger partial charge is 0.388 e. The van der Waals surface area contributed by atoms with Gasteiger partial charge in [0.25, 0.3) is 0 Å². The van der Waals surface area contributed by atoms with Crippen LogP contribution >= 0.6 is 0 Å². The number of halogens is 3. The molecule has 1 fully saturated rings. The highest BCUT2D eigenvalue weighted by atomic mass is 19.4. The van der Waals surface area contributed by atoms with E-state index < -0.39 is 17.7 Å². The van der Waals surface area contributed by atoms with Crippen molar-refractivity contribution in [1.29, 1.82) is 0 Å². The molecule has 1 rings (SSSR count). The largest absolute Gasteiger partial charge is 0.391 e. The van der Waals surface area contributed by atoms with Crippen molar-refractivity contribution in [3.05, 3.63) is 0 Å². The molecule has 1 saturated carbocycles. The first-order chi connectivity index (χ1) is 10.7. The van der Waals surface area contributed by atoms with Crippen molar-refractivity contribution in [1.82, 2.24) is 10.6 Å². The van der Waals surface area contributed by atoms with Gasteiger partial charge in [0.15, 0.2) is 5.96 Å². The molecule has 2 unspecified atom stereocenters. The first-order valence-electron chi connectivity index (χ1n) is 8.58. The summed E-state index contributed by atoms with van der Waals surface area (Å²) < 4.78 is 38.7. The summed E-state index contributed by atoms with van der Waals surface area (Å²) in [4.78, 5) is 4.37. The van der Waals surface area contributed by atoms with Crippen molar-refractivity contribution < 1.29 is 18.3 Å². The lowest BCUT2D eigenvalue weighted by Crippen LogP contribution is -2.47. The molecule has 23 heavy (non-hydrogen) atoms. The Bertz CT molecular complexity index is 381. The molecule has 0 heterocycles. The SMILES string of the molecule is CCNC(=NCC(O)(CC)CC)NC1CCCC(C(F)(F)F)C1. The maximum absolute atomic E-state index is 12.9. The molecule has 7 heteroatoms. The third kappa shape index (κ3) is 6.57. The predicted molar refractivity (Wildman–Crippen MR) is 86.4 cm³/mol. The van der Waals surface area contributed by atoms with Gasteiger partial charge in [0.05, 0.1) is 18.1 Å². The number of guanidine groups is 1. The minimum Gasteiger partial charge on any atom is -0.388 e. The summed E-state index contributed by atoms with van der Waals surface area (Å²) in [6.45, 7) is 6.56. The number of aliphatic hydroxyl groups is 1. The number of nitrogens with zero attached hydrogens (tertiary/aromatic N) is 1. The minimum absolute atomic E-state index is 0.0831. The van der Waals surface area contributed by atoms with Gasteiger partial charge in [-0.2, -0.15) is 13.2 Å². The number of nitrogens with one attached hydrogen (secondary N) is 2. The second-order valence-electron chi connectivity index (χ2n) is 6.37. The molecular weight excluding hydrogens is 307 g/mol. The van der Waals surface area contributed by atoms with Crippen molar-refractivity contribution >= 4 is 5.96 Å². The lowest BCUT2D eigenvalue weighted by molar-refractivity contribution is -0.183. The zero-order valence-corrected chi connectivity index (χ0v) is 14.3. The van der Waals surface area contributed by atoms with E-state index in [1.54, 1.807) is 0 Å². The summed E-state index contributed by atoms with van der Waals surface area (Å²) in [5.41, 5.74) is -0.858. The molecule has 0 spiro atoms. The fourth-order valence-electron chi connectivity index (χ4n) is 2.83. The van der Waals surface area contributed by atoms with E-state index in [4.69, 9.17) is 0 Å². The van der Waals surface area contributed by atoms with E-state index in [9.17, 15) is 18.3 Å². The molecule has 1 aliphatic rings. The molecule has 136 valence electrons. The summed E-state index contributed by atoms with van der Waals surface area (Å²) in [5.74, 6) is -0.750. The summed E-state index contributed by atoms with van der Waals surface area (Å²) in [6.07, 6.45) is -1.38. The van der Waals surface area contributed by atoms with Crippen molar-refractivity contribution in [2.24, 2.45) is 10.9 Å². The Labute approximate surface area is 136 Å². The molecule has 0 aromatic carbocycles. The highest BCUT2D eigenvalue weighted by Gasteiger charge is 2.42. The topological polar surface area (TPSA) is 56.7 Å². The summed E-state index contributed by atoms with van der Waals surface area (Å²) in [7, 11) is 0. The lowest BCUT2D eigenvalue weighted by Gasteiger charge is -2.32. The number of hydrogen-bond acceptors (Lipinski definition) is 2. The van der Waals surface area contributed by atoms with Crippen LogP contribution < -0.4 is 10.6 Å². The maximum Gasteiger partial charge on any atom is 0.391 e. The third-order valence-electron chi connectivity index (χ3n) is 4.67. The Morgan fingerprint density at radius 2 is 1.83 bits per heavy atom. The van der Waals surface area contributed by atoms with Gasteiger partial charge in [-0.25, -0.2) is 0 Å². The Morgan fingerprint density at radius 1 is 1.17 bits per heavy atom. The van der Waals surface area contributed by atoms with E-state index in [1.165, 1.54) is 0 Å². The van der Waals surface area contributed by atoms with Crippen LogP contribution in [0.1, 0.15) is 59.3 Å². The highest BCUT2D eigenvalue weighted by Crippen LogP contribution is 2.37. The molecule has 0 aromatic rings. The van der Waals surface area contributed by atoms with Gasteiger partial charge in [0.1, 0.15) is 0 Å². The van der Waals surface area contributed by atoms with Crippen LogP contribution in [0.2, 0.25) is 0 Å². The fraction of sp³-hybridized carbons (Fsp3) is 0.938. The minimum atomic E-state index is -4.12. The van der Waals surface area contributed by atoms with Crippen LogP contribution in [0.3, 0.4) is 0 Å². The second kappa shape index (κ2) is 8.76. The third-order valence-corrected chi connectivity index (χ3v) is 4.67. The lowest BCUT2D eigenvalue weighted by atomic mass is 9.85. The van der Waals surface area contributed by atoms with Crippen LogP contribution in [-0.2, 0) is 0 Å². The average molecular weight is 337 g/mol. The van der Waals surface area contributed by atoms with Crippen LogP contribution in [0.15, 0.2) is 4.99 Å². The van der Waals surface area contributed by atoms with Gasteiger partial charge in [-0.15, -0.1) is 0 Å². The summed E-state index contributed by atoms with van der Waals surface area (Å²) >= 11 is 0. The van der Waals surface area contributed by atoms with Crippen molar-refractivity contribution in [2.45, 2.75) is 77.1 Å².